The molecule has 10 heteroatoms. The maximum absolute atomic E-state index is 13.0. The molecule has 0 atom stereocenters. The van der Waals surface area contributed by atoms with E-state index in [0.29, 0.717) is 38.9 Å². The second kappa shape index (κ2) is 8.54. The molecule has 0 unspecified atom stereocenters. The Bertz CT molecular complexity index is 1240. The van der Waals surface area contributed by atoms with Crippen LogP contribution in [0.1, 0.15) is 25.3 Å². The quantitative estimate of drug-likeness (QED) is 0.454. The Hall–Kier alpha value is -3.40. The van der Waals surface area contributed by atoms with E-state index in [9.17, 15) is 9.59 Å². The summed E-state index contributed by atoms with van der Waals surface area (Å²) in [5, 5.41) is 7.30. The SMILES string of the molecule is CCCCNC(=O)Cn1cnc2sc(-c3nc(-c4ccncc4)no3)c(C)c2c1=O. The van der Waals surface area contributed by atoms with Gasteiger partial charge in [-0.2, -0.15) is 4.98 Å². The molecule has 1 amide bonds. The molecule has 4 heterocycles. The number of rotatable bonds is 7. The van der Waals surface area contributed by atoms with Crippen LogP contribution in [-0.4, -0.2) is 37.1 Å². The molecule has 0 aliphatic rings. The molecule has 0 saturated carbocycles. The lowest BCUT2D eigenvalue weighted by Gasteiger charge is -2.06. The largest absolute Gasteiger partial charge is 0.355 e. The molecule has 4 rings (SSSR count). The van der Waals surface area contributed by atoms with Gasteiger partial charge in [0.2, 0.25) is 11.7 Å². The third-order valence-corrected chi connectivity index (χ3v) is 5.83. The number of hydrogen-bond acceptors (Lipinski definition) is 8. The molecule has 4 aromatic heterocycles. The fraction of sp³-hybridized carbons (Fsp3) is 0.300. The third kappa shape index (κ3) is 3.86. The molecule has 30 heavy (non-hydrogen) atoms. The molecule has 9 nitrogen and oxygen atoms in total. The van der Waals surface area contributed by atoms with Crippen LogP contribution in [0.5, 0.6) is 0 Å². The van der Waals surface area contributed by atoms with Gasteiger partial charge in [0.05, 0.1) is 16.6 Å². The average molecular weight is 424 g/mol. The van der Waals surface area contributed by atoms with Crippen molar-refractivity contribution in [3.05, 3.63) is 46.8 Å². The van der Waals surface area contributed by atoms with E-state index < -0.39 is 0 Å². The topological polar surface area (TPSA) is 116 Å². The van der Waals surface area contributed by atoms with Crippen molar-refractivity contribution in [2.75, 3.05) is 6.54 Å². The van der Waals surface area contributed by atoms with Gasteiger partial charge in [-0.3, -0.25) is 19.1 Å². The van der Waals surface area contributed by atoms with Crippen molar-refractivity contribution >= 4 is 27.5 Å². The molecular formula is C20H20N6O3S. The first-order valence-corrected chi connectivity index (χ1v) is 10.4. The molecule has 0 aliphatic heterocycles. The van der Waals surface area contributed by atoms with Crippen molar-refractivity contribution in [3.8, 4) is 22.2 Å². The lowest BCUT2D eigenvalue weighted by molar-refractivity contribution is -0.121. The number of aromatic nitrogens is 5. The third-order valence-electron chi connectivity index (χ3n) is 4.64. The maximum atomic E-state index is 13.0. The van der Waals surface area contributed by atoms with Gasteiger partial charge in [-0.25, -0.2) is 4.98 Å². The van der Waals surface area contributed by atoms with Crippen LogP contribution in [0, 0.1) is 6.92 Å². The Morgan fingerprint density at radius 1 is 1.30 bits per heavy atom. The van der Waals surface area contributed by atoms with Gasteiger partial charge < -0.3 is 9.84 Å². The highest BCUT2D eigenvalue weighted by Crippen LogP contribution is 2.35. The van der Waals surface area contributed by atoms with Crippen LogP contribution in [0.4, 0.5) is 0 Å². The van der Waals surface area contributed by atoms with Gasteiger partial charge in [0.15, 0.2) is 0 Å². The minimum atomic E-state index is -0.264. The second-order valence-electron chi connectivity index (χ2n) is 6.78. The zero-order valence-corrected chi connectivity index (χ0v) is 17.4. The molecule has 0 fully saturated rings. The minimum absolute atomic E-state index is 0.0666. The lowest BCUT2D eigenvalue weighted by Crippen LogP contribution is -2.32. The highest BCUT2D eigenvalue weighted by Gasteiger charge is 2.21. The molecule has 0 bridgehead atoms. The molecule has 4 aromatic rings. The van der Waals surface area contributed by atoms with Crippen LogP contribution in [0.3, 0.4) is 0 Å². The standard InChI is InChI=1S/C20H20N6O3S/c1-3-4-7-22-14(27)10-26-11-23-19-15(20(26)28)12(2)16(30-19)18-24-17(25-29-18)13-5-8-21-9-6-13/h5-6,8-9,11H,3-4,7,10H2,1-2H3,(H,22,27). The number of fused-ring (bicyclic) bond motifs is 1. The first-order chi connectivity index (χ1) is 14.6. The smallest absolute Gasteiger partial charge is 0.268 e. The first-order valence-electron chi connectivity index (χ1n) is 9.58. The van der Waals surface area contributed by atoms with E-state index in [2.05, 4.69) is 32.3 Å². The van der Waals surface area contributed by atoms with Crippen LogP contribution < -0.4 is 10.9 Å². The number of thiophene rings is 1. The summed E-state index contributed by atoms with van der Waals surface area (Å²) in [5.74, 6) is 0.558. The first kappa shape index (κ1) is 19.9. The van der Waals surface area contributed by atoms with Gasteiger partial charge in [-0.15, -0.1) is 11.3 Å². The zero-order chi connectivity index (χ0) is 21.1. The molecule has 1 N–H and O–H groups in total. The minimum Gasteiger partial charge on any atom is -0.355 e. The number of carbonyl (C=O) groups is 1. The summed E-state index contributed by atoms with van der Waals surface area (Å²) in [6.07, 6.45) is 6.60. The number of pyridine rings is 1. The van der Waals surface area contributed by atoms with E-state index >= 15 is 0 Å². The van der Waals surface area contributed by atoms with Crippen molar-refractivity contribution in [2.45, 2.75) is 33.2 Å². The molecule has 0 spiro atoms. The van der Waals surface area contributed by atoms with Gasteiger partial charge in [0.25, 0.3) is 11.4 Å². The van der Waals surface area contributed by atoms with Gasteiger partial charge in [-0.05, 0) is 31.0 Å². The molecule has 154 valence electrons. The van der Waals surface area contributed by atoms with Crippen molar-refractivity contribution in [1.82, 2.24) is 30.0 Å². The Kier molecular flexibility index (Phi) is 5.66. The molecule has 0 aromatic carbocycles. The van der Waals surface area contributed by atoms with Crippen LogP contribution in [0.15, 0.2) is 40.2 Å². The van der Waals surface area contributed by atoms with Crippen molar-refractivity contribution < 1.29 is 9.32 Å². The van der Waals surface area contributed by atoms with Crippen molar-refractivity contribution in [3.63, 3.8) is 0 Å². The maximum Gasteiger partial charge on any atom is 0.268 e. The Balaban J connectivity index is 1.65. The highest BCUT2D eigenvalue weighted by atomic mass is 32.1. The molecule has 0 radical (unpaired) electrons. The molecule has 0 saturated heterocycles. The fourth-order valence-corrected chi connectivity index (χ4v) is 4.09. The summed E-state index contributed by atoms with van der Waals surface area (Å²) in [6.45, 7) is 4.40. The van der Waals surface area contributed by atoms with E-state index in [0.717, 1.165) is 18.4 Å². The number of amides is 1. The van der Waals surface area contributed by atoms with Gasteiger partial charge >= 0.3 is 0 Å². The van der Waals surface area contributed by atoms with Crippen LogP contribution in [0.25, 0.3) is 32.4 Å². The number of aryl methyl sites for hydroxylation is 1. The zero-order valence-electron chi connectivity index (χ0n) is 16.6. The number of nitrogens with zero attached hydrogens (tertiary/aromatic N) is 5. The molecular weight excluding hydrogens is 404 g/mol. The molecule has 0 aliphatic carbocycles. The van der Waals surface area contributed by atoms with Crippen molar-refractivity contribution in [2.24, 2.45) is 0 Å². The summed E-state index contributed by atoms with van der Waals surface area (Å²) in [4.78, 5) is 39.1. The summed E-state index contributed by atoms with van der Waals surface area (Å²) in [6, 6.07) is 3.58. The highest BCUT2D eigenvalue weighted by molar-refractivity contribution is 7.22. The summed E-state index contributed by atoms with van der Waals surface area (Å²) in [7, 11) is 0. The van der Waals surface area contributed by atoms with E-state index in [1.165, 1.54) is 22.2 Å². The van der Waals surface area contributed by atoms with Crippen molar-refractivity contribution in [1.29, 1.82) is 0 Å². The van der Waals surface area contributed by atoms with Crippen LogP contribution in [-0.2, 0) is 11.3 Å². The van der Waals surface area contributed by atoms with E-state index in [1.54, 1.807) is 24.5 Å². The fourth-order valence-electron chi connectivity index (χ4n) is 3.02. The van der Waals surface area contributed by atoms with E-state index in [4.69, 9.17) is 4.52 Å². The number of nitrogens with one attached hydrogen (secondary N) is 1. The summed E-state index contributed by atoms with van der Waals surface area (Å²) >= 11 is 1.31. The summed E-state index contributed by atoms with van der Waals surface area (Å²) in [5.41, 5.74) is 1.23. The van der Waals surface area contributed by atoms with Gasteiger partial charge in [0.1, 0.15) is 11.4 Å². The normalized spacial score (nSPS) is 11.1. The van der Waals surface area contributed by atoms with Crippen LogP contribution >= 0.6 is 11.3 Å². The Morgan fingerprint density at radius 2 is 2.10 bits per heavy atom. The number of hydrogen-bond donors (Lipinski definition) is 1. The van der Waals surface area contributed by atoms with Crippen LogP contribution in [0.2, 0.25) is 0 Å². The van der Waals surface area contributed by atoms with E-state index in [1.807, 2.05) is 6.92 Å². The average Bonchev–Trinajstić information content (AvgIpc) is 3.36. The van der Waals surface area contributed by atoms with Gasteiger partial charge in [-0.1, -0.05) is 18.5 Å². The van der Waals surface area contributed by atoms with Gasteiger partial charge in [0, 0.05) is 24.5 Å². The predicted molar refractivity (Wildman–Crippen MR) is 113 cm³/mol. The monoisotopic (exact) mass is 424 g/mol. The number of carbonyl (C=O) groups excluding carboxylic acids is 1. The second-order valence-corrected chi connectivity index (χ2v) is 7.78. The lowest BCUT2D eigenvalue weighted by atomic mass is 10.2. The number of unbranched alkanes of at least 4 members (excludes halogenated alkanes) is 1. The Morgan fingerprint density at radius 3 is 2.87 bits per heavy atom. The Labute approximate surface area is 175 Å². The van der Waals surface area contributed by atoms with E-state index in [-0.39, 0.29) is 18.0 Å². The predicted octanol–water partition coefficient (Wildman–Crippen LogP) is 2.79. The summed E-state index contributed by atoms with van der Waals surface area (Å²) < 4.78 is 6.76.